The summed E-state index contributed by atoms with van der Waals surface area (Å²) >= 11 is 9.83. The maximum absolute atomic E-state index is 6.25. The molecule has 2 heteroatoms. The van der Waals surface area contributed by atoms with Gasteiger partial charge in [0.2, 0.25) is 0 Å². The van der Waals surface area contributed by atoms with Crippen LogP contribution in [0.2, 0.25) is 5.02 Å². The second-order valence-corrected chi connectivity index (χ2v) is 4.91. The third-order valence-corrected chi connectivity index (χ3v) is 3.67. The highest BCUT2D eigenvalue weighted by Gasteiger charge is 2.06. The van der Waals surface area contributed by atoms with E-state index >= 15 is 0 Å². The average molecular weight is 291 g/mol. The van der Waals surface area contributed by atoms with Crippen molar-refractivity contribution >= 4 is 49.1 Å². The lowest BCUT2D eigenvalue weighted by atomic mass is 10.0. The predicted molar refractivity (Wildman–Crippen MR) is 73.0 cm³/mol. The van der Waals surface area contributed by atoms with E-state index in [1.54, 1.807) is 0 Å². The predicted octanol–water partition coefficient (Wildman–Crippen LogP) is 5.21. The molecule has 0 amide bonds. The van der Waals surface area contributed by atoms with Crippen LogP contribution < -0.4 is 0 Å². The Balaban J connectivity index is 2.67. The Bertz CT molecular complexity index is 689. The SMILES string of the molecule is Clc1cc2[c]ccc(Br)c2c2ccccc12. The fourth-order valence-electron chi connectivity index (χ4n) is 1.99. The van der Waals surface area contributed by atoms with Crippen molar-refractivity contribution in [1.29, 1.82) is 0 Å². The molecule has 0 aliphatic rings. The molecule has 0 nitrogen and oxygen atoms in total. The molecular weight excluding hydrogens is 284 g/mol. The molecule has 0 atom stereocenters. The summed E-state index contributed by atoms with van der Waals surface area (Å²) in [6.45, 7) is 0. The largest absolute Gasteiger partial charge is 0.0836 e. The van der Waals surface area contributed by atoms with Crippen molar-refractivity contribution in [3.05, 3.63) is 58.0 Å². The lowest BCUT2D eigenvalue weighted by Crippen LogP contribution is -1.80. The number of rotatable bonds is 0. The summed E-state index contributed by atoms with van der Waals surface area (Å²) in [5, 5.41) is 5.23. The van der Waals surface area contributed by atoms with E-state index in [9.17, 15) is 0 Å². The maximum Gasteiger partial charge on any atom is 0.0491 e. The minimum atomic E-state index is 0.775. The van der Waals surface area contributed by atoms with E-state index < -0.39 is 0 Å². The van der Waals surface area contributed by atoms with Gasteiger partial charge in [0.05, 0.1) is 0 Å². The van der Waals surface area contributed by atoms with E-state index in [2.05, 4.69) is 28.1 Å². The van der Waals surface area contributed by atoms with Gasteiger partial charge in [-0.15, -0.1) is 0 Å². The second kappa shape index (κ2) is 3.76. The lowest BCUT2D eigenvalue weighted by Gasteiger charge is -2.07. The molecule has 0 fully saturated rings. The molecule has 0 heterocycles. The zero-order valence-corrected chi connectivity index (χ0v) is 10.6. The van der Waals surface area contributed by atoms with Crippen molar-refractivity contribution in [3.8, 4) is 0 Å². The Morgan fingerprint density at radius 2 is 1.81 bits per heavy atom. The molecular formula is C14H7BrCl. The Kier molecular flexibility index (Phi) is 2.38. The van der Waals surface area contributed by atoms with Gasteiger partial charge in [0, 0.05) is 20.3 Å². The van der Waals surface area contributed by atoms with E-state index in [1.807, 2.05) is 36.4 Å². The van der Waals surface area contributed by atoms with Gasteiger partial charge in [0.15, 0.2) is 0 Å². The van der Waals surface area contributed by atoms with Crippen molar-refractivity contribution in [3.63, 3.8) is 0 Å². The number of benzene rings is 3. The first kappa shape index (κ1) is 10.1. The van der Waals surface area contributed by atoms with Crippen LogP contribution in [0.15, 0.2) is 46.9 Å². The van der Waals surface area contributed by atoms with Gasteiger partial charge in [-0.25, -0.2) is 0 Å². The fraction of sp³-hybridized carbons (Fsp3) is 0. The molecule has 0 bridgehead atoms. The molecule has 0 saturated heterocycles. The summed E-state index contributed by atoms with van der Waals surface area (Å²) in [7, 11) is 0. The smallest absolute Gasteiger partial charge is 0.0491 e. The molecule has 0 aromatic heterocycles. The summed E-state index contributed by atoms with van der Waals surface area (Å²) in [5.74, 6) is 0. The van der Waals surface area contributed by atoms with Crippen LogP contribution in [0.3, 0.4) is 0 Å². The standard InChI is InChI=1S/C14H7BrCl/c15-12-7-3-4-9-8-13(16)10-5-1-2-6-11(10)14(9)12/h1-3,5-8H. The van der Waals surface area contributed by atoms with E-state index in [0.29, 0.717) is 0 Å². The van der Waals surface area contributed by atoms with Crippen molar-refractivity contribution in [2.24, 2.45) is 0 Å². The Morgan fingerprint density at radius 3 is 2.62 bits per heavy atom. The zero-order chi connectivity index (χ0) is 11.1. The second-order valence-electron chi connectivity index (χ2n) is 3.65. The Hall–Kier alpha value is -1.05. The molecule has 3 rings (SSSR count). The minimum absolute atomic E-state index is 0.775. The topological polar surface area (TPSA) is 0 Å². The van der Waals surface area contributed by atoms with Gasteiger partial charge in [0.25, 0.3) is 0 Å². The number of fused-ring (bicyclic) bond motifs is 3. The van der Waals surface area contributed by atoms with Crippen molar-refractivity contribution < 1.29 is 0 Å². The molecule has 77 valence electrons. The monoisotopic (exact) mass is 289 g/mol. The van der Waals surface area contributed by atoms with Crippen LogP contribution in [0.25, 0.3) is 21.5 Å². The first-order valence-electron chi connectivity index (χ1n) is 4.94. The first-order valence-corrected chi connectivity index (χ1v) is 6.11. The molecule has 0 saturated carbocycles. The number of hydrogen-bond donors (Lipinski definition) is 0. The summed E-state index contributed by atoms with van der Waals surface area (Å²) < 4.78 is 1.08. The highest BCUT2D eigenvalue weighted by atomic mass is 79.9. The third kappa shape index (κ3) is 1.43. The highest BCUT2D eigenvalue weighted by Crippen LogP contribution is 2.35. The lowest BCUT2D eigenvalue weighted by molar-refractivity contribution is 1.72. The van der Waals surface area contributed by atoms with Gasteiger partial charge >= 0.3 is 0 Å². The summed E-state index contributed by atoms with van der Waals surface area (Å²) in [6, 6.07) is 17.2. The average Bonchev–Trinajstić information content (AvgIpc) is 2.29. The normalized spacial score (nSPS) is 11.1. The van der Waals surface area contributed by atoms with E-state index in [-0.39, 0.29) is 0 Å². The summed E-state index contributed by atoms with van der Waals surface area (Å²) in [5.41, 5.74) is 0. The molecule has 0 unspecified atom stereocenters. The maximum atomic E-state index is 6.25. The van der Waals surface area contributed by atoms with Crippen LogP contribution in [0.4, 0.5) is 0 Å². The number of halogens is 2. The quantitative estimate of drug-likeness (QED) is 0.499. The van der Waals surface area contributed by atoms with E-state index in [0.717, 1.165) is 25.7 Å². The van der Waals surface area contributed by atoms with Crippen molar-refractivity contribution in [2.45, 2.75) is 0 Å². The number of hydrogen-bond acceptors (Lipinski definition) is 0. The molecule has 0 N–H and O–H groups in total. The van der Waals surface area contributed by atoms with E-state index in [4.69, 9.17) is 11.6 Å². The van der Waals surface area contributed by atoms with Crippen LogP contribution in [0.5, 0.6) is 0 Å². The minimum Gasteiger partial charge on any atom is -0.0836 e. The van der Waals surface area contributed by atoms with Crippen molar-refractivity contribution in [2.75, 3.05) is 0 Å². The summed E-state index contributed by atoms with van der Waals surface area (Å²) in [4.78, 5) is 0. The van der Waals surface area contributed by atoms with Gasteiger partial charge in [-0.3, -0.25) is 0 Å². The van der Waals surface area contributed by atoms with Gasteiger partial charge in [0.1, 0.15) is 0 Å². The van der Waals surface area contributed by atoms with E-state index in [1.165, 1.54) is 5.39 Å². The molecule has 16 heavy (non-hydrogen) atoms. The zero-order valence-electron chi connectivity index (χ0n) is 8.30. The van der Waals surface area contributed by atoms with Gasteiger partial charge in [-0.1, -0.05) is 57.9 Å². The van der Waals surface area contributed by atoms with Crippen LogP contribution in [-0.2, 0) is 0 Å². The van der Waals surface area contributed by atoms with Gasteiger partial charge < -0.3 is 0 Å². The molecule has 0 aliphatic heterocycles. The third-order valence-electron chi connectivity index (χ3n) is 2.70. The highest BCUT2D eigenvalue weighted by molar-refractivity contribution is 9.10. The Morgan fingerprint density at radius 1 is 1.06 bits per heavy atom. The molecule has 0 aliphatic carbocycles. The molecule has 3 aromatic rings. The fourth-order valence-corrected chi connectivity index (χ4v) is 2.82. The first-order chi connectivity index (χ1) is 7.77. The van der Waals surface area contributed by atoms with Crippen molar-refractivity contribution in [1.82, 2.24) is 0 Å². The molecule has 3 aromatic carbocycles. The molecule has 0 spiro atoms. The van der Waals surface area contributed by atoms with Gasteiger partial charge in [-0.2, -0.15) is 0 Å². The van der Waals surface area contributed by atoms with Crippen LogP contribution in [-0.4, -0.2) is 0 Å². The molecule has 1 radical (unpaired) electrons. The van der Waals surface area contributed by atoms with Gasteiger partial charge in [-0.05, 0) is 29.0 Å². The summed E-state index contributed by atoms with van der Waals surface area (Å²) in [6.07, 6.45) is 0. The van der Waals surface area contributed by atoms with Crippen LogP contribution in [0.1, 0.15) is 0 Å². The Labute approximate surface area is 107 Å². The van der Waals surface area contributed by atoms with Crippen LogP contribution in [0, 0.1) is 6.07 Å². The van der Waals surface area contributed by atoms with Crippen LogP contribution >= 0.6 is 27.5 Å².